The Kier molecular flexibility index (Phi) is 8.74. The van der Waals surface area contributed by atoms with Crippen molar-refractivity contribution in [1.82, 2.24) is 20.4 Å². The van der Waals surface area contributed by atoms with Crippen molar-refractivity contribution in [2.75, 3.05) is 33.7 Å². The zero-order valence-electron chi connectivity index (χ0n) is 18.4. The molecule has 166 valence electrons. The van der Waals surface area contributed by atoms with Gasteiger partial charge in [-0.3, -0.25) is 9.69 Å². The number of likely N-dealkylation sites (tertiary alicyclic amines) is 1. The lowest BCUT2D eigenvalue weighted by Crippen LogP contribution is -2.50. The summed E-state index contributed by atoms with van der Waals surface area (Å²) in [4.78, 5) is 20.8. The number of nitrogens with one attached hydrogen (secondary N) is 2. The number of hydrogen-bond donors (Lipinski definition) is 2. The minimum Gasteiger partial charge on any atom is -0.354 e. The van der Waals surface area contributed by atoms with E-state index in [9.17, 15) is 4.79 Å². The maximum absolute atomic E-state index is 12.0. The number of piperidine rings is 1. The van der Waals surface area contributed by atoms with Crippen LogP contribution in [-0.2, 0) is 17.9 Å². The van der Waals surface area contributed by atoms with Gasteiger partial charge in [0.2, 0.25) is 5.91 Å². The van der Waals surface area contributed by atoms with E-state index in [0.717, 1.165) is 38.0 Å². The number of rotatable bonds is 7. The van der Waals surface area contributed by atoms with Crippen LogP contribution in [0.5, 0.6) is 0 Å². The van der Waals surface area contributed by atoms with E-state index in [-0.39, 0.29) is 12.5 Å². The number of hydrogen-bond acceptors (Lipinski definition) is 3. The van der Waals surface area contributed by atoms with Crippen molar-refractivity contribution in [3.8, 4) is 0 Å². The molecule has 1 heterocycles. The highest BCUT2D eigenvalue weighted by Gasteiger charge is 2.20. The average Bonchev–Trinajstić information content (AvgIpc) is 2.78. The Bertz CT molecular complexity index is 863. The standard InChI is InChI=1S/C24H32ClN5O/c1-29(2)23(31)17-27-24(26-16-20-10-6-7-11-22(20)25)28-21-12-14-30(15-13-21)18-19-8-4-3-5-9-19/h3-11,21H,12-18H2,1-2H3,(H2,26,27,28). The fourth-order valence-corrected chi connectivity index (χ4v) is 3.73. The number of carbonyl (C=O) groups is 1. The van der Waals surface area contributed by atoms with Gasteiger partial charge in [-0.2, -0.15) is 0 Å². The largest absolute Gasteiger partial charge is 0.354 e. The Balaban J connectivity index is 1.56. The summed E-state index contributed by atoms with van der Waals surface area (Å²) >= 11 is 6.27. The zero-order valence-corrected chi connectivity index (χ0v) is 19.1. The van der Waals surface area contributed by atoms with Crippen molar-refractivity contribution >= 4 is 23.5 Å². The first kappa shape index (κ1) is 23.1. The quantitative estimate of drug-likeness (QED) is 0.512. The zero-order chi connectivity index (χ0) is 22.1. The van der Waals surface area contributed by atoms with E-state index in [1.165, 1.54) is 5.56 Å². The lowest BCUT2D eigenvalue weighted by atomic mass is 10.0. The Morgan fingerprint density at radius 3 is 2.45 bits per heavy atom. The van der Waals surface area contributed by atoms with E-state index < -0.39 is 0 Å². The Hall–Kier alpha value is -2.57. The van der Waals surface area contributed by atoms with Crippen LogP contribution in [0.2, 0.25) is 5.02 Å². The van der Waals surface area contributed by atoms with E-state index in [4.69, 9.17) is 16.6 Å². The van der Waals surface area contributed by atoms with Gasteiger partial charge in [0.15, 0.2) is 5.96 Å². The Morgan fingerprint density at radius 2 is 1.77 bits per heavy atom. The van der Waals surface area contributed by atoms with E-state index in [2.05, 4.69) is 45.9 Å². The summed E-state index contributed by atoms with van der Waals surface area (Å²) in [5.74, 6) is 0.654. The van der Waals surface area contributed by atoms with Crippen LogP contribution in [0.4, 0.5) is 0 Å². The Labute approximate surface area is 190 Å². The SMILES string of the molecule is CN(C)C(=O)CNC(=NCc1ccccc1Cl)NC1CCN(Cc2ccccc2)CC1. The molecule has 0 spiro atoms. The molecule has 1 fully saturated rings. The maximum Gasteiger partial charge on any atom is 0.241 e. The summed E-state index contributed by atoms with van der Waals surface area (Å²) in [5, 5.41) is 7.40. The first-order valence-corrected chi connectivity index (χ1v) is 11.1. The minimum atomic E-state index is 0.00456. The second-order valence-electron chi connectivity index (χ2n) is 8.08. The first-order chi connectivity index (χ1) is 15.0. The number of benzene rings is 2. The molecule has 3 rings (SSSR count). The number of carbonyl (C=O) groups excluding carboxylic acids is 1. The smallest absolute Gasteiger partial charge is 0.241 e. The number of likely N-dealkylation sites (N-methyl/N-ethyl adjacent to an activating group) is 1. The number of amides is 1. The highest BCUT2D eigenvalue weighted by atomic mass is 35.5. The molecule has 0 radical (unpaired) electrons. The molecule has 31 heavy (non-hydrogen) atoms. The van der Waals surface area contributed by atoms with Gasteiger partial charge in [0, 0.05) is 44.8 Å². The monoisotopic (exact) mass is 441 g/mol. The third kappa shape index (κ3) is 7.56. The van der Waals surface area contributed by atoms with Gasteiger partial charge in [-0.15, -0.1) is 0 Å². The average molecular weight is 442 g/mol. The predicted octanol–water partition coefficient (Wildman–Crippen LogP) is 3.13. The van der Waals surface area contributed by atoms with Crippen molar-refractivity contribution < 1.29 is 4.79 Å². The van der Waals surface area contributed by atoms with Crippen LogP contribution in [0.3, 0.4) is 0 Å². The molecular weight excluding hydrogens is 410 g/mol. The predicted molar refractivity (Wildman–Crippen MR) is 127 cm³/mol. The van der Waals surface area contributed by atoms with Gasteiger partial charge >= 0.3 is 0 Å². The van der Waals surface area contributed by atoms with Crippen LogP contribution < -0.4 is 10.6 Å². The molecule has 0 atom stereocenters. The van der Waals surface area contributed by atoms with Gasteiger partial charge < -0.3 is 15.5 Å². The van der Waals surface area contributed by atoms with Crippen LogP contribution in [-0.4, -0.2) is 61.4 Å². The van der Waals surface area contributed by atoms with Crippen molar-refractivity contribution in [2.45, 2.75) is 32.0 Å². The number of aliphatic imine (C=N–C) groups is 1. The molecule has 7 heteroatoms. The number of halogens is 1. The van der Waals surface area contributed by atoms with Crippen molar-refractivity contribution in [3.63, 3.8) is 0 Å². The Morgan fingerprint density at radius 1 is 1.10 bits per heavy atom. The fraction of sp³-hybridized carbons (Fsp3) is 0.417. The van der Waals surface area contributed by atoms with E-state index in [1.54, 1.807) is 19.0 Å². The van der Waals surface area contributed by atoms with Crippen LogP contribution >= 0.6 is 11.6 Å². The van der Waals surface area contributed by atoms with Gasteiger partial charge in [-0.1, -0.05) is 60.1 Å². The van der Waals surface area contributed by atoms with Gasteiger partial charge in [-0.05, 0) is 30.0 Å². The topological polar surface area (TPSA) is 60.0 Å². The lowest BCUT2D eigenvalue weighted by Gasteiger charge is -2.33. The molecule has 0 aliphatic carbocycles. The molecule has 0 saturated carbocycles. The van der Waals surface area contributed by atoms with Gasteiger partial charge in [-0.25, -0.2) is 4.99 Å². The highest BCUT2D eigenvalue weighted by molar-refractivity contribution is 6.31. The van der Waals surface area contributed by atoms with Crippen LogP contribution in [0.1, 0.15) is 24.0 Å². The molecular formula is C24H32ClN5O. The molecule has 2 aromatic rings. The summed E-state index contributed by atoms with van der Waals surface area (Å²) in [7, 11) is 3.50. The third-order valence-corrected chi connectivity index (χ3v) is 5.82. The molecule has 0 aromatic heterocycles. The normalized spacial score (nSPS) is 15.5. The van der Waals surface area contributed by atoms with Gasteiger partial charge in [0.05, 0.1) is 13.1 Å². The first-order valence-electron chi connectivity index (χ1n) is 10.8. The highest BCUT2D eigenvalue weighted by Crippen LogP contribution is 2.16. The third-order valence-electron chi connectivity index (χ3n) is 5.45. The van der Waals surface area contributed by atoms with Gasteiger partial charge in [0.25, 0.3) is 0 Å². The lowest BCUT2D eigenvalue weighted by molar-refractivity contribution is -0.127. The summed E-state index contributed by atoms with van der Waals surface area (Å²) in [6.45, 7) is 3.70. The number of guanidine groups is 1. The summed E-state index contributed by atoms with van der Waals surface area (Å²) in [5.41, 5.74) is 2.31. The minimum absolute atomic E-state index is 0.00456. The second kappa shape index (κ2) is 11.7. The molecule has 1 aliphatic heterocycles. The molecule has 2 N–H and O–H groups in total. The van der Waals surface area contributed by atoms with E-state index in [1.807, 2.05) is 24.3 Å². The van der Waals surface area contributed by atoms with E-state index in [0.29, 0.717) is 23.6 Å². The molecule has 1 aliphatic rings. The van der Waals surface area contributed by atoms with Crippen LogP contribution in [0.15, 0.2) is 59.6 Å². The van der Waals surface area contributed by atoms with Crippen molar-refractivity contribution in [2.24, 2.45) is 4.99 Å². The summed E-state index contributed by atoms with van der Waals surface area (Å²) in [6, 6.07) is 18.6. The maximum atomic E-state index is 12.0. The fourth-order valence-electron chi connectivity index (χ4n) is 3.53. The molecule has 2 aromatic carbocycles. The molecule has 1 saturated heterocycles. The molecule has 1 amide bonds. The van der Waals surface area contributed by atoms with E-state index >= 15 is 0 Å². The summed E-state index contributed by atoms with van der Waals surface area (Å²) in [6.07, 6.45) is 2.06. The van der Waals surface area contributed by atoms with Crippen molar-refractivity contribution in [3.05, 3.63) is 70.7 Å². The van der Waals surface area contributed by atoms with Crippen LogP contribution in [0, 0.1) is 0 Å². The van der Waals surface area contributed by atoms with Crippen molar-refractivity contribution in [1.29, 1.82) is 0 Å². The number of nitrogens with zero attached hydrogens (tertiary/aromatic N) is 3. The molecule has 0 bridgehead atoms. The molecule has 0 unspecified atom stereocenters. The molecule has 6 nitrogen and oxygen atoms in total. The second-order valence-corrected chi connectivity index (χ2v) is 8.49. The summed E-state index contributed by atoms with van der Waals surface area (Å²) < 4.78 is 0. The van der Waals surface area contributed by atoms with Gasteiger partial charge in [0.1, 0.15) is 0 Å². The van der Waals surface area contributed by atoms with Crippen LogP contribution in [0.25, 0.3) is 0 Å².